The minimum absolute atomic E-state index is 0.582. The first-order chi connectivity index (χ1) is 10.8. The average Bonchev–Trinajstić information content (AvgIpc) is 3.06. The Bertz CT molecular complexity index is 645. The first kappa shape index (κ1) is 14.7. The fourth-order valence-corrected chi connectivity index (χ4v) is 2.87. The molecule has 1 aliphatic heterocycles. The lowest BCUT2D eigenvalue weighted by Crippen LogP contribution is -2.41. The summed E-state index contributed by atoms with van der Waals surface area (Å²) in [6.07, 6.45) is 8.26. The maximum Gasteiger partial charge on any atom is 0.199 e. The van der Waals surface area contributed by atoms with Gasteiger partial charge in [-0.05, 0) is 17.5 Å². The first-order valence-corrected chi connectivity index (χ1v) is 7.75. The predicted octanol–water partition coefficient (Wildman–Crippen LogP) is 3.60. The molecule has 3 rings (SSSR count). The van der Waals surface area contributed by atoms with Gasteiger partial charge in [0, 0.05) is 25.1 Å². The van der Waals surface area contributed by atoms with Crippen molar-refractivity contribution in [3.8, 4) is 0 Å². The summed E-state index contributed by atoms with van der Waals surface area (Å²) >= 11 is 0. The lowest BCUT2D eigenvalue weighted by Gasteiger charge is -2.27. The van der Waals surface area contributed by atoms with E-state index < -0.39 is 0 Å². The van der Waals surface area contributed by atoms with E-state index in [1.807, 2.05) is 12.5 Å². The molecule has 1 atom stereocenters. The normalized spacial score (nSPS) is 19.7. The summed E-state index contributed by atoms with van der Waals surface area (Å²) in [4.78, 5) is 4.32. The third-order valence-corrected chi connectivity index (χ3v) is 4.18. The summed E-state index contributed by atoms with van der Waals surface area (Å²) < 4.78 is 0.692. The Morgan fingerprint density at radius 2 is 1.68 bits per heavy atom. The molecule has 1 heterocycles. The molecular weight excluding hydrogens is 270 g/mol. The molecule has 0 radical (unpaired) electrons. The third kappa shape index (κ3) is 3.16. The van der Waals surface area contributed by atoms with Gasteiger partial charge in [-0.3, -0.25) is 0 Å². The number of benzene rings is 2. The highest BCUT2D eigenvalue weighted by molar-refractivity contribution is 5.78. The van der Waals surface area contributed by atoms with Gasteiger partial charge in [0.2, 0.25) is 0 Å². The molecule has 0 aliphatic carbocycles. The zero-order valence-corrected chi connectivity index (χ0v) is 12.7. The highest BCUT2D eigenvalue weighted by atomic mass is 15.4. The van der Waals surface area contributed by atoms with E-state index in [9.17, 15) is 0 Å². The van der Waals surface area contributed by atoms with Crippen LogP contribution in [0.4, 0.5) is 5.69 Å². The molecule has 0 aromatic heterocycles. The van der Waals surface area contributed by atoms with Gasteiger partial charge in [0.15, 0.2) is 6.34 Å². The standard InChI is InChI=1S/C19H22N3/c20-15-18-8-10-19(11-9-18)22(14-12-21-16-22)13-4-7-17-5-2-1-3-6-17/h1-3,5-6,8-12,14,16H,4,7,13,15,20H2/q+1. The Balaban J connectivity index is 1.71. The molecule has 0 saturated heterocycles. The minimum Gasteiger partial charge on any atom is -0.326 e. The van der Waals surface area contributed by atoms with Gasteiger partial charge < -0.3 is 5.73 Å². The van der Waals surface area contributed by atoms with E-state index in [-0.39, 0.29) is 0 Å². The molecule has 2 aromatic rings. The van der Waals surface area contributed by atoms with Crippen molar-refractivity contribution in [1.29, 1.82) is 0 Å². The second kappa shape index (κ2) is 6.69. The number of aliphatic imine (C=N–C) groups is 1. The summed E-state index contributed by atoms with van der Waals surface area (Å²) in [5.74, 6) is 0. The Labute approximate surface area is 132 Å². The lowest BCUT2D eigenvalue weighted by atomic mass is 10.1. The Morgan fingerprint density at radius 1 is 0.909 bits per heavy atom. The molecule has 3 heteroatoms. The molecule has 3 nitrogen and oxygen atoms in total. The Morgan fingerprint density at radius 3 is 2.32 bits per heavy atom. The lowest BCUT2D eigenvalue weighted by molar-refractivity contribution is 0.535. The number of hydrogen-bond acceptors (Lipinski definition) is 2. The van der Waals surface area contributed by atoms with Crippen molar-refractivity contribution in [2.75, 3.05) is 6.54 Å². The number of nitrogens with zero attached hydrogens (tertiary/aromatic N) is 2. The molecule has 0 bridgehead atoms. The average molecular weight is 292 g/mol. The number of hydrogen-bond donors (Lipinski definition) is 1. The zero-order chi connectivity index (χ0) is 15.3. The van der Waals surface area contributed by atoms with Crippen molar-refractivity contribution >= 4 is 12.0 Å². The molecule has 1 unspecified atom stereocenters. The van der Waals surface area contributed by atoms with Crippen LogP contribution in [0.5, 0.6) is 0 Å². The molecule has 0 amide bonds. The summed E-state index contributed by atoms with van der Waals surface area (Å²) in [6.45, 7) is 1.59. The van der Waals surface area contributed by atoms with Gasteiger partial charge in [-0.15, -0.1) is 0 Å². The molecule has 22 heavy (non-hydrogen) atoms. The fourth-order valence-electron chi connectivity index (χ4n) is 2.87. The van der Waals surface area contributed by atoms with Crippen LogP contribution in [0.2, 0.25) is 0 Å². The topological polar surface area (TPSA) is 38.4 Å². The quantitative estimate of drug-likeness (QED) is 0.812. The second-order valence-corrected chi connectivity index (χ2v) is 5.68. The fraction of sp³-hybridized carbons (Fsp3) is 0.211. The Kier molecular flexibility index (Phi) is 4.47. The molecule has 112 valence electrons. The summed E-state index contributed by atoms with van der Waals surface area (Å²) in [5.41, 5.74) is 9.47. The number of quaternary nitrogens is 1. The summed E-state index contributed by atoms with van der Waals surface area (Å²) in [6, 6.07) is 19.2. The first-order valence-electron chi connectivity index (χ1n) is 7.75. The van der Waals surface area contributed by atoms with Crippen LogP contribution in [0.3, 0.4) is 0 Å². The van der Waals surface area contributed by atoms with Crippen LogP contribution in [0.25, 0.3) is 0 Å². The molecule has 2 N–H and O–H groups in total. The summed E-state index contributed by atoms with van der Waals surface area (Å²) in [5, 5.41) is 0. The van der Waals surface area contributed by atoms with E-state index >= 15 is 0 Å². The molecular formula is C19H22N3+. The maximum atomic E-state index is 5.69. The van der Waals surface area contributed by atoms with Crippen LogP contribution in [0, 0.1) is 0 Å². The largest absolute Gasteiger partial charge is 0.326 e. The van der Waals surface area contributed by atoms with Gasteiger partial charge in [0.25, 0.3) is 0 Å². The van der Waals surface area contributed by atoms with Crippen LogP contribution >= 0.6 is 0 Å². The number of aryl methyl sites for hydroxylation is 1. The van der Waals surface area contributed by atoms with Crippen molar-refractivity contribution in [2.45, 2.75) is 19.4 Å². The van der Waals surface area contributed by atoms with Crippen LogP contribution < -0.4 is 10.2 Å². The van der Waals surface area contributed by atoms with Gasteiger partial charge in [0.1, 0.15) is 11.9 Å². The minimum atomic E-state index is 0.582. The zero-order valence-electron chi connectivity index (χ0n) is 12.7. The van der Waals surface area contributed by atoms with E-state index in [1.165, 1.54) is 11.3 Å². The third-order valence-electron chi connectivity index (χ3n) is 4.18. The highest BCUT2D eigenvalue weighted by Gasteiger charge is 2.28. The molecule has 1 aliphatic rings. The SMILES string of the molecule is NCc1ccc([N+]2(CCCc3ccccc3)C=CN=C2)cc1. The van der Waals surface area contributed by atoms with Crippen LogP contribution in [0.15, 0.2) is 72.0 Å². The van der Waals surface area contributed by atoms with E-state index in [2.05, 4.69) is 65.8 Å². The van der Waals surface area contributed by atoms with Crippen molar-refractivity contribution in [3.05, 3.63) is 78.1 Å². The monoisotopic (exact) mass is 292 g/mol. The Hall–Kier alpha value is -2.23. The number of rotatable bonds is 6. The van der Waals surface area contributed by atoms with E-state index in [1.54, 1.807) is 0 Å². The van der Waals surface area contributed by atoms with Gasteiger partial charge in [-0.1, -0.05) is 42.5 Å². The van der Waals surface area contributed by atoms with Crippen molar-refractivity contribution < 1.29 is 0 Å². The van der Waals surface area contributed by atoms with E-state index in [0.29, 0.717) is 11.0 Å². The van der Waals surface area contributed by atoms with Crippen LogP contribution in [-0.4, -0.2) is 12.9 Å². The second-order valence-electron chi connectivity index (χ2n) is 5.68. The van der Waals surface area contributed by atoms with Gasteiger partial charge >= 0.3 is 0 Å². The predicted molar refractivity (Wildman–Crippen MR) is 93.4 cm³/mol. The van der Waals surface area contributed by atoms with Crippen LogP contribution in [-0.2, 0) is 13.0 Å². The maximum absolute atomic E-state index is 5.69. The number of nitrogens with two attached hydrogens (primary N) is 1. The van der Waals surface area contributed by atoms with Crippen molar-refractivity contribution in [1.82, 2.24) is 4.48 Å². The van der Waals surface area contributed by atoms with E-state index in [4.69, 9.17) is 5.73 Å². The van der Waals surface area contributed by atoms with Crippen molar-refractivity contribution in [2.24, 2.45) is 10.7 Å². The van der Waals surface area contributed by atoms with E-state index in [0.717, 1.165) is 24.9 Å². The smallest absolute Gasteiger partial charge is 0.199 e. The van der Waals surface area contributed by atoms with Crippen molar-refractivity contribution in [3.63, 3.8) is 0 Å². The van der Waals surface area contributed by atoms with Gasteiger partial charge in [-0.2, -0.15) is 0 Å². The molecule has 0 spiro atoms. The molecule has 0 fully saturated rings. The molecule has 0 saturated carbocycles. The molecule has 2 aromatic carbocycles. The van der Waals surface area contributed by atoms with Gasteiger partial charge in [0.05, 0.1) is 12.7 Å². The van der Waals surface area contributed by atoms with Gasteiger partial charge in [-0.25, -0.2) is 9.48 Å². The van der Waals surface area contributed by atoms with Crippen LogP contribution in [0.1, 0.15) is 17.5 Å². The summed E-state index contributed by atoms with van der Waals surface area (Å²) in [7, 11) is 0. The highest BCUT2D eigenvalue weighted by Crippen LogP contribution is 2.26.